The van der Waals surface area contributed by atoms with Gasteiger partial charge in [0.05, 0.1) is 0 Å². The van der Waals surface area contributed by atoms with E-state index in [1.807, 2.05) is 30.8 Å². The number of nitrogens with one attached hydrogen (secondary N) is 1. The van der Waals surface area contributed by atoms with Crippen LogP contribution in [0.1, 0.15) is 33.6 Å². The van der Waals surface area contributed by atoms with E-state index in [-0.39, 0.29) is 0 Å². The summed E-state index contributed by atoms with van der Waals surface area (Å²) in [5.74, 6) is 1.76. The first-order valence-electron chi connectivity index (χ1n) is 6.95. The van der Waals surface area contributed by atoms with Gasteiger partial charge in [0.25, 0.3) is 0 Å². The third-order valence-corrected chi connectivity index (χ3v) is 5.50. The fraction of sp³-hybridized carbons (Fsp3) is 0.846. The van der Waals surface area contributed by atoms with Gasteiger partial charge in [0, 0.05) is 25.9 Å². The van der Waals surface area contributed by atoms with Crippen LogP contribution in [0.5, 0.6) is 0 Å². The van der Waals surface area contributed by atoms with Crippen molar-refractivity contribution in [2.75, 3.05) is 31.3 Å². The summed E-state index contributed by atoms with van der Waals surface area (Å²) in [5, 5.41) is 13.0. The molecule has 2 unspecified atom stereocenters. The number of rotatable bonds is 9. The predicted molar refractivity (Wildman–Crippen MR) is 86.5 cm³/mol. The summed E-state index contributed by atoms with van der Waals surface area (Å²) in [5.41, 5.74) is 0. The van der Waals surface area contributed by atoms with Crippen molar-refractivity contribution in [2.24, 2.45) is 5.92 Å². The maximum atomic E-state index is 4.24. The zero-order valence-corrected chi connectivity index (χ0v) is 14.3. The summed E-state index contributed by atoms with van der Waals surface area (Å²) >= 11 is 3.48. The van der Waals surface area contributed by atoms with E-state index in [9.17, 15) is 0 Å². The van der Waals surface area contributed by atoms with E-state index >= 15 is 0 Å². The number of hydrogen-bond donors (Lipinski definition) is 1. The zero-order chi connectivity index (χ0) is 14.3. The molecule has 2 atom stereocenters. The van der Waals surface area contributed by atoms with E-state index in [1.165, 1.54) is 12.8 Å². The van der Waals surface area contributed by atoms with Crippen molar-refractivity contribution in [1.29, 1.82) is 0 Å². The molecular formula is C13H26N4S2. The fourth-order valence-corrected chi connectivity index (χ4v) is 3.67. The van der Waals surface area contributed by atoms with E-state index in [2.05, 4.69) is 36.3 Å². The standard InChI is InChI=1S/C13H26N4S2/c1-6-8-14-11(10(3)7-2)9-18-13-16-15-12(19-13)17(4)5/h10-11,14H,6-9H2,1-5H3. The summed E-state index contributed by atoms with van der Waals surface area (Å²) in [6, 6.07) is 0.557. The maximum Gasteiger partial charge on any atom is 0.208 e. The van der Waals surface area contributed by atoms with E-state index in [4.69, 9.17) is 0 Å². The lowest BCUT2D eigenvalue weighted by Gasteiger charge is -2.23. The van der Waals surface area contributed by atoms with Crippen LogP contribution in [0.3, 0.4) is 0 Å². The number of anilines is 1. The SMILES string of the molecule is CCCNC(CSc1nnc(N(C)C)s1)C(C)CC. The van der Waals surface area contributed by atoms with Gasteiger partial charge in [0.15, 0.2) is 4.34 Å². The Labute approximate surface area is 125 Å². The molecule has 4 nitrogen and oxygen atoms in total. The van der Waals surface area contributed by atoms with Crippen molar-refractivity contribution in [2.45, 2.75) is 44.0 Å². The predicted octanol–water partition coefficient (Wildman–Crippen LogP) is 3.11. The summed E-state index contributed by atoms with van der Waals surface area (Å²) in [7, 11) is 4.00. The molecule has 1 heterocycles. The van der Waals surface area contributed by atoms with Gasteiger partial charge < -0.3 is 10.2 Å². The highest BCUT2D eigenvalue weighted by atomic mass is 32.2. The first-order chi connectivity index (χ1) is 9.08. The second kappa shape index (κ2) is 8.76. The molecule has 0 bridgehead atoms. The van der Waals surface area contributed by atoms with Crippen LogP contribution in [-0.4, -0.2) is 42.6 Å². The number of aromatic nitrogens is 2. The molecule has 0 fully saturated rings. The van der Waals surface area contributed by atoms with Crippen molar-refractivity contribution in [3.63, 3.8) is 0 Å². The molecule has 1 rings (SSSR count). The quantitative estimate of drug-likeness (QED) is 0.710. The highest BCUT2D eigenvalue weighted by Gasteiger charge is 2.16. The van der Waals surface area contributed by atoms with Gasteiger partial charge in [-0.25, -0.2) is 0 Å². The smallest absolute Gasteiger partial charge is 0.208 e. The first-order valence-corrected chi connectivity index (χ1v) is 8.75. The van der Waals surface area contributed by atoms with Gasteiger partial charge in [0.1, 0.15) is 0 Å². The molecule has 0 aliphatic rings. The molecule has 110 valence electrons. The Balaban J connectivity index is 2.49. The maximum absolute atomic E-state index is 4.24. The normalized spacial score (nSPS) is 14.4. The summed E-state index contributed by atoms with van der Waals surface area (Å²) in [6.07, 6.45) is 2.39. The molecule has 0 amide bonds. The van der Waals surface area contributed by atoms with Crippen molar-refractivity contribution >= 4 is 28.2 Å². The average Bonchev–Trinajstić information content (AvgIpc) is 2.87. The molecular weight excluding hydrogens is 276 g/mol. The van der Waals surface area contributed by atoms with Crippen molar-refractivity contribution in [1.82, 2.24) is 15.5 Å². The summed E-state index contributed by atoms with van der Waals surface area (Å²) < 4.78 is 1.07. The molecule has 0 spiro atoms. The van der Waals surface area contributed by atoms with Crippen LogP contribution in [0, 0.1) is 5.92 Å². The highest BCUT2D eigenvalue weighted by Crippen LogP contribution is 2.28. The minimum absolute atomic E-state index is 0.557. The van der Waals surface area contributed by atoms with Gasteiger partial charge in [-0.15, -0.1) is 10.2 Å². The topological polar surface area (TPSA) is 41.1 Å². The molecule has 0 saturated carbocycles. The Kier molecular flexibility index (Phi) is 7.71. The Morgan fingerprint density at radius 3 is 2.58 bits per heavy atom. The van der Waals surface area contributed by atoms with E-state index in [0.29, 0.717) is 12.0 Å². The Morgan fingerprint density at radius 2 is 2.05 bits per heavy atom. The first kappa shape index (κ1) is 16.7. The van der Waals surface area contributed by atoms with Gasteiger partial charge in [-0.2, -0.15) is 0 Å². The fourth-order valence-electron chi connectivity index (χ4n) is 1.64. The second-order valence-corrected chi connectivity index (χ2v) is 7.23. The Bertz CT molecular complexity index is 354. The molecule has 0 aromatic carbocycles. The van der Waals surface area contributed by atoms with E-state index in [0.717, 1.165) is 21.8 Å². The molecule has 19 heavy (non-hydrogen) atoms. The number of nitrogens with zero attached hydrogens (tertiary/aromatic N) is 3. The zero-order valence-electron chi connectivity index (χ0n) is 12.6. The largest absolute Gasteiger partial charge is 0.353 e. The lowest BCUT2D eigenvalue weighted by Crippen LogP contribution is -2.37. The van der Waals surface area contributed by atoms with Crippen LogP contribution in [0.15, 0.2) is 4.34 Å². The molecule has 0 saturated heterocycles. The highest BCUT2D eigenvalue weighted by molar-refractivity contribution is 8.01. The lowest BCUT2D eigenvalue weighted by atomic mass is 10.0. The molecule has 1 N–H and O–H groups in total. The minimum Gasteiger partial charge on any atom is -0.353 e. The molecule has 1 aromatic heterocycles. The second-order valence-electron chi connectivity index (χ2n) is 5.00. The molecule has 6 heteroatoms. The monoisotopic (exact) mass is 302 g/mol. The Hall–Kier alpha value is -0.330. The van der Waals surface area contributed by atoms with Gasteiger partial charge in [0.2, 0.25) is 5.13 Å². The molecule has 0 aliphatic carbocycles. The van der Waals surface area contributed by atoms with Crippen molar-refractivity contribution in [3.05, 3.63) is 0 Å². The van der Waals surface area contributed by atoms with Gasteiger partial charge >= 0.3 is 0 Å². The minimum atomic E-state index is 0.557. The summed E-state index contributed by atoms with van der Waals surface area (Å²) in [4.78, 5) is 2.00. The van der Waals surface area contributed by atoms with Gasteiger partial charge in [-0.05, 0) is 18.9 Å². The van der Waals surface area contributed by atoms with Crippen LogP contribution in [-0.2, 0) is 0 Å². The summed E-state index contributed by atoms with van der Waals surface area (Å²) in [6.45, 7) is 7.88. The number of thioether (sulfide) groups is 1. The molecule has 0 radical (unpaired) electrons. The van der Waals surface area contributed by atoms with Crippen LogP contribution < -0.4 is 10.2 Å². The molecule has 1 aromatic rings. The third kappa shape index (κ3) is 5.67. The average molecular weight is 303 g/mol. The lowest BCUT2D eigenvalue weighted by molar-refractivity contribution is 0.397. The van der Waals surface area contributed by atoms with Gasteiger partial charge in [-0.3, -0.25) is 0 Å². The van der Waals surface area contributed by atoms with Crippen LogP contribution >= 0.6 is 23.1 Å². The molecule has 0 aliphatic heterocycles. The van der Waals surface area contributed by atoms with Crippen LogP contribution in [0.4, 0.5) is 5.13 Å². The van der Waals surface area contributed by atoms with Crippen LogP contribution in [0.25, 0.3) is 0 Å². The van der Waals surface area contributed by atoms with Crippen molar-refractivity contribution < 1.29 is 0 Å². The van der Waals surface area contributed by atoms with Crippen molar-refractivity contribution in [3.8, 4) is 0 Å². The van der Waals surface area contributed by atoms with E-state index < -0.39 is 0 Å². The number of hydrogen-bond acceptors (Lipinski definition) is 6. The van der Waals surface area contributed by atoms with Crippen LogP contribution in [0.2, 0.25) is 0 Å². The third-order valence-electron chi connectivity index (χ3n) is 3.15. The van der Waals surface area contributed by atoms with Gasteiger partial charge in [-0.1, -0.05) is 50.3 Å². The Morgan fingerprint density at radius 1 is 1.32 bits per heavy atom. The van der Waals surface area contributed by atoms with E-state index in [1.54, 1.807) is 11.3 Å².